The van der Waals surface area contributed by atoms with E-state index in [2.05, 4.69) is 70.5 Å². The summed E-state index contributed by atoms with van der Waals surface area (Å²) in [7, 11) is 0. The molecular weight excluding hydrogens is 352 g/mol. The summed E-state index contributed by atoms with van der Waals surface area (Å²) >= 11 is 0. The van der Waals surface area contributed by atoms with Crippen molar-refractivity contribution >= 4 is 11.8 Å². The van der Waals surface area contributed by atoms with Gasteiger partial charge in [-0.1, -0.05) is 60.7 Å². The van der Waals surface area contributed by atoms with Crippen molar-refractivity contribution in [2.75, 3.05) is 39.3 Å². The number of hydrogen-bond donors (Lipinski definition) is 0. The molecule has 0 radical (unpaired) electrons. The molecule has 3 rings (SSSR count). The van der Waals surface area contributed by atoms with Crippen LogP contribution in [0.3, 0.4) is 0 Å². The lowest BCUT2D eigenvalue weighted by atomic mass is 9.96. The highest BCUT2D eigenvalue weighted by Gasteiger charge is 2.26. The van der Waals surface area contributed by atoms with Crippen molar-refractivity contribution in [1.82, 2.24) is 9.80 Å². The third-order valence-corrected chi connectivity index (χ3v) is 5.07. The normalized spacial score (nSPS) is 15.5. The largest absolute Gasteiger partial charge is 0.464 e. The second-order valence-corrected chi connectivity index (χ2v) is 7.20. The van der Waals surface area contributed by atoms with Crippen molar-refractivity contribution in [3.05, 3.63) is 71.8 Å². The highest BCUT2D eigenvalue weighted by atomic mass is 16.5. The SMILES string of the molecule is CC(=O)CC(=O)OCCN1CCN(C(c2ccccc2)c2ccccc2)CC1. The first-order chi connectivity index (χ1) is 13.6. The fourth-order valence-electron chi connectivity index (χ4n) is 3.67. The molecule has 0 atom stereocenters. The van der Waals surface area contributed by atoms with Crippen LogP contribution < -0.4 is 0 Å². The molecule has 1 heterocycles. The minimum absolute atomic E-state index is 0.135. The standard InChI is InChI=1S/C23H28N2O3/c1-19(26)18-22(27)28-17-16-24-12-14-25(15-13-24)23(20-8-4-2-5-9-20)21-10-6-3-7-11-21/h2-11,23H,12-18H2,1H3. The molecule has 0 N–H and O–H groups in total. The summed E-state index contributed by atoms with van der Waals surface area (Å²) in [6.45, 7) is 6.22. The number of piperazine rings is 1. The van der Waals surface area contributed by atoms with Crippen LogP contribution >= 0.6 is 0 Å². The van der Waals surface area contributed by atoms with Crippen LogP contribution in [0.15, 0.2) is 60.7 Å². The Morgan fingerprint density at radius 3 is 1.93 bits per heavy atom. The molecule has 0 spiro atoms. The third kappa shape index (κ3) is 5.75. The summed E-state index contributed by atoms with van der Waals surface area (Å²) in [6, 6.07) is 21.5. The molecule has 5 nitrogen and oxygen atoms in total. The van der Waals surface area contributed by atoms with Gasteiger partial charge in [-0.25, -0.2) is 0 Å². The van der Waals surface area contributed by atoms with Crippen LogP contribution in [0.2, 0.25) is 0 Å². The Morgan fingerprint density at radius 1 is 0.893 bits per heavy atom. The Hall–Kier alpha value is -2.50. The Kier molecular flexibility index (Phi) is 7.34. The number of rotatable bonds is 8. The summed E-state index contributed by atoms with van der Waals surface area (Å²) in [5.74, 6) is -0.592. The number of Topliss-reactive ketones (excluding diaryl/α,β-unsaturated/α-hetero) is 1. The van der Waals surface area contributed by atoms with E-state index in [1.165, 1.54) is 18.1 Å². The fraction of sp³-hybridized carbons (Fsp3) is 0.391. The number of benzene rings is 2. The number of carbonyl (C=O) groups excluding carboxylic acids is 2. The first kappa shape index (κ1) is 20.2. The number of ether oxygens (including phenoxy) is 1. The van der Waals surface area contributed by atoms with Gasteiger partial charge < -0.3 is 4.74 Å². The van der Waals surface area contributed by atoms with E-state index in [1.54, 1.807) is 0 Å². The zero-order chi connectivity index (χ0) is 19.8. The smallest absolute Gasteiger partial charge is 0.313 e. The number of carbonyl (C=O) groups is 2. The van der Waals surface area contributed by atoms with Gasteiger partial charge in [-0.05, 0) is 18.1 Å². The molecule has 0 unspecified atom stereocenters. The number of esters is 1. The van der Waals surface area contributed by atoms with Crippen molar-refractivity contribution in [1.29, 1.82) is 0 Å². The van der Waals surface area contributed by atoms with E-state index < -0.39 is 5.97 Å². The van der Waals surface area contributed by atoms with Gasteiger partial charge in [0.2, 0.25) is 0 Å². The number of hydrogen-bond acceptors (Lipinski definition) is 5. The maximum absolute atomic E-state index is 11.5. The van der Waals surface area contributed by atoms with E-state index in [0.717, 1.165) is 26.2 Å². The van der Waals surface area contributed by atoms with Crippen molar-refractivity contribution in [2.45, 2.75) is 19.4 Å². The average molecular weight is 380 g/mol. The van der Waals surface area contributed by atoms with Gasteiger partial charge in [-0.15, -0.1) is 0 Å². The van der Waals surface area contributed by atoms with Gasteiger partial charge >= 0.3 is 5.97 Å². The first-order valence-electron chi connectivity index (χ1n) is 9.85. The van der Waals surface area contributed by atoms with Crippen LogP contribution in [0.1, 0.15) is 30.5 Å². The van der Waals surface area contributed by atoms with Crippen LogP contribution in [-0.4, -0.2) is 60.9 Å². The van der Waals surface area contributed by atoms with Crippen LogP contribution in [0.25, 0.3) is 0 Å². The quantitative estimate of drug-likeness (QED) is 0.521. The Bertz CT molecular complexity index is 716. The van der Waals surface area contributed by atoms with Gasteiger partial charge in [0, 0.05) is 32.7 Å². The third-order valence-electron chi connectivity index (χ3n) is 5.07. The van der Waals surface area contributed by atoms with Crippen LogP contribution in [0.5, 0.6) is 0 Å². The van der Waals surface area contributed by atoms with E-state index in [1.807, 2.05) is 0 Å². The lowest BCUT2D eigenvalue weighted by molar-refractivity contribution is -0.146. The average Bonchev–Trinajstić information content (AvgIpc) is 2.70. The molecule has 1 aliphatic rings. The molecule has 148 valence electrons. The van der Waals surface area contributed by atoms with Crippen LogP contribution in [0.4, 0.5) is 0 Å². The molecule has 0 saturated carbocycles. The maximum Gasteiger partial charge on any atom is 0.313 e. The maximum atomic E-state index is 11.5. The molecule has 0 bridgehead atoms. The van der Waals surface area contributed by atoms with Crippen molar-refractivity contribution in [3.63, 3.8) is 0 Å². The molecule has 5 heteroatoms. The van der Waals surface area contributed by atoms with Gasteiger partial charge in [0.15, 0.2) is 0 Å². The second kappa shape index (κ2) is 10.2. The number of nitrogens with zero attached hydrogens (tertiary/aromatic N) is 2. The Balaban J connectivity index is 1.56. The van der Waals surface area contributed by atoms with Gasteiger partial charge in [-0.2, -0.15) is 0 Å². The van der Waals surface area contributed by atoms with E-state index in [0.29, 0.717) is 13.2 Å². The Morgan fingerprint density at radius 2 is 1.43 bits per heavy atom. The van der Waals surface area contributed by atoms with E-state index in [9.17, 15) is 9.59 Å². The molecule has 2 aromatic rings. The topological polar surface area (TPSA) is 49.9 Å². The first-order valence-corrected chi connectivity index (χ1v) is 9.85. The molecule has 1 fully saturated rings. The highest BCUT2D eigenvalue weighted by molar-refractivity contribution is 5.94. The zero-order valence-electron chi connectivity index (χ0n) is 16.4. The minimum atomic E-state index is -0.431. The fourth-order valence-corrected chi connectivity index (χ4v) is 3.67. The predicted molar refractivity (Wildman–Crippen MR) is 109 cm³/mol. The van der Waals surface area contributed by atoms with Crippen LogP contribution in [-0.2, 0) is 14.3 Å². The molecule has 0 aliphatic carbocycles. The zero-order valence-corrected chi connectivity index (χ0v) is 16.4. The minimum Gasteiger partial charge on any atom is -0.464 e. The van der Waals surface area contributed by atoms with E-state index >= 15 is 0 Å². The van der Waals surface area contributed by atoms with Crippen LogP contribution in [0, 0.1) is 0 Å². The second-order valence-electron chi connectivity index (χ2n) is 7.20. The van der Waals surface area contributed by atoms with Gasteiger partial charge in [0.25, 0.3) is 0 Å². The lowest BCUT2D eigenvalue weighted by Crippen LogP contribution is -2.48. The summed E-state index contributed by atoms with van der Waals surface area (Å²) in [6.07, 6.45) is -0.135. The van der Waals surface area contributed by atoms with E-state index in [-0.39, 0.29) is 18.2 Å². The van der Waals surface area contributed by atoms with Crippen molar-refractivity contribution in [3.8, 4) is 0 Å². The molecule has 2 aromatic carbocycles. The van der Waals surface area contributed by atoms with Gasteiger partial charge in [0.05, 0.1) is 6.04 Å². The predicted octanol–water partition coefficient (Wildman–Crippen LogP) is 2.92. The monoisotopic (exact) mass is 380 g/mol. The lowest BCUT2D eigenvalue weighted by Gasteiger charge is -2.39. The molecule has 1 aliphatic heterocycles. The van der Waals surface area contributed by atoms with Gasteiger partial charge in [-0.3, -0.25) is 19.4 Å². The van der Waals surface area contributed by atoms with Crippen molar-refractivity contribution < 1.29 is 14.3 Å². The summed E-state index contributed by atoms with van der Waals surface area (Å²) < 4.78 is 5.15. The highest BCUT2D eigenvalue weighted by Crippen LogP contribution is 2.29. The van der Waals surface area contributed by atoms with E-state index in [4.69, 9.17) is 4.74 Å². The Labute approximate surface area is 166 Å². The van der Waals surface area contributed by atoms with Crippen molar-refractivity contribution in [2.24, 2.45) is 0 Å². The number of ketones is 1. The summed E-state index contributed by atoms with van der Waals surface area (Å²) in [4.78, 5) is 27.2. The van der Waals surface area contributed by atoms with Gasteiger partial charge in [0.1, 0.15) is 18.8 Å². The molecule has 28 heavy (non-hydrogen) atoms. The molecule has 0 aromatic heterocycles. The summed E-state index contributed by atoms with van der Waals surface area (Å²) in [5.41, 5.74) is 2.61. The molecular formula is C23H28N2O3. The summed E-state index contributed by atoms with van der Waals surface area (Å²) in [5, 5.41) is 0. The molecule has 1 saturated heterocycles. The molecule has 0 amide bonds.